The summed E-state index contributed by atoms with van der Waals surface area (Å²) in [6, 6.07) is 3.94. The fraction of sp³-hybridized carbons (Fsp3) is 0.222. The molecule has 0 aromatic heterocycles. The highest BCUT2D eigenvalue weighted by molar-refractivity contribution is 7.90. The predicted molar refractivity (Wildman–Crippen MR) is 63.2 cm³/mol. The van der Waals surface area contributed by atoms with E-state index in [-0.39, 0.29) is 22.2 Å². The van der Waals surface area contributed by atoms with Crippen molar-refractivity contribution in [2.45, 2.75) is 11.8 Å². The van der Waals surface area contributed by atoms with Gasteiger partial charge in [0.1, 0.15) is 4.90 Å². The van der Waals surface area contributed by atoms with Crippen LogP contribution in [0.15, 0.2) is 23.1 Å². The normalized spacial score (nSPS) is 10.9. The average Bonchev–Trinajstić information content (AvgIpc) is 2.21. The van der Waals surface area contributed by atoms with Crippen LogP contribution in [0.5, 0.6) is 0 Å². The van der Waals surface area contributed by atoms with Crippen LogP contribution in [0, 0.1) is 0 Å². The number of benzene rings is 1. The molecular formula is C9H11ClN2O4S. The number of sulfonamides is 1. The van der Waals surface area contributed by atoms with Gasteiger partial charge in [-0.05, 0) is 25.1 Å². The minimum atomic E-state index is -4.07. The molecule has 0 heterocycles. The Kier molecular flexibility index (Phi) is 4.19. The molecule has 0 aliphatic carbocycles. The molecule has 0 aliphatic rings. The van der Waals surface area contributed by atoms with Gasteiger partial charge in [0.15, 0.2) is 0 Å². The summed E-state index contributed by atoms with van der Waals surface area (Å²) in [5, 5.41) is -0.0315. The summed E-state index contributed by atoms with van der Waals surface area (Å²) in [7, 11) is -4.07. The van der Waals surface area contributed by atoms with Gasteiger partial charge in [0.05, 0.1) is 11.6 Å². The summed E-state index contributed by atoms with van der Waals surface area (Å²) in [5.74, 6) is 0. The molecule has 0 bridgehead atoms. The first-order valence-corrected chi connectivity index (χ1v) is 6.47. The van der Waals surface area contributed by atoms with Crippen molar-refractivity contribution in [3.63, 3.8) is 0 Å². The fourth-order valence-corrected chi connectivity index (χ4v) is 2.48. The van der Waals surface area contributed by atoms with Crippen LogP contribution in [-0.4, -0.2) is 21.1 Å². The number of amides is 1. The number of hydrogen-bond acceptors (Lipinski definition) is 5. The van der Waals surface area contributed by atoms with E-state index in [1.165, 1.54) is 12.1 Å². The third-order valence-electron chi connectivity index (χ3n) is 1.74. The van der Waals surface area contributed by atoms with Gasteiger partial charge in [-0.25, -0.2) is 17.9 Å². The molecule has 0 fully saturated rings. The van der Waals surface area contributed by atoms with Crippen LogP contribution in [0.25, 0.3) is 0 Å². The Morgan fingerprint density at radius 2 is 2.18 bits per heavy atom. The number of halogens is 1. The van der Waals surface area contributed by atoms with Gasteiger partial charge < -0.3 is 10.5 Å². The van der Waals surface area contributed by atoms with E-state index in [0.717, 1.165) is 6.07 Å². The van der Waals surface area contributed by atoms with Crippen molar-refractivity contribution in [3.8, 4) is 0 Å². The van der Waals surface area contributed by atoms with Crippen LogP contribution in [0.2, 0.25) is 5.02 Å². The minimum absolute atomic E-state index is 0.0315. The maximum Gasteiger partial charge on any atom is 0.421 e. The zero-order chi connectivity index (χ0) is 13.1. The number of nitrogens with one attached hydrogen (secondary N) is 1. The molecule has 3 N–H and O–H groups in total. The molecule has 1 aromatic rings. The molecule has 94 valence electrons. The highest BCUT2D eigenvalue weighted by Crippen LogP contribution is 2.23. The molecule has 8 heteroatoms. The van der Waals surface area contributed by atoms with Crippen LogP contribution in [0.3, 0.4) is 0 Å². The number of rotatable bonds is 3. The van der Waals surface area contributed by atoms with Crippen molar-refractivity contribution in [2.24, 2.45) is 0 Å². The molecule has 0 radical (unpaired) electrons. The maximum atomic E-state index is 11.7. The van der Waals surface area contributed by atoms with Crippen LogP contribution in [0.1, 0.15) is 6.92 Å². The van der Waals surface area contributed by atoms with Gasteiger partial charge in [-0.2, -0.15) is 0 Å². The number of hydrogen-bond donors (Lipinski definition) is 2. The molecule has 1 rings (SSSR count). The Balaban J connectivity index is 3.05. The first kappa shape index (κ1) is 13.6. The van der Waals surface area contributed by atoms with Gasteiger partial charge in [0, 0.05) is 5.69 Å². The highest BCUT2D eigenvalue weighted by Gasteiger charge is 2.21. The van der Waals surface area contributed by atoms with Crippen LogP contribution < -0.4 is 10.5 Å². The fourth-order valence-electron chi connectivity index (χ4n) is 1.05. The van der Waals surface area contributed by atoms with Crippen molar-refractivity contribution < 1.29 is 17.9 Å². The van der Waals surface area contributed by atoms with Crippen molar-refractivity contribution in [1.82, 2.24) is 4.72 Å². The van der Waals surface area contributed by atoms with Gasteiger partial charge in [0.2, 0.25) is 0 Å². The lowest BCUT2D eigenvalue weighted by atomic mass is 10.3. The van der Waals surface area contributed by atoms with Gasteiger partial charge in [-0.1, -0.05) is 11.6 Å². The second-order valence-electron chi connectivity index (χ2n) is 3.02. The van der Waals surface area contributed by atoms with E-state index in [2.05, 4.69) is 4.74 Å². The van der Waals surface area contributed by atoms with E-state index in [9.17, 15) is 13.2 Å². The van der Waals surface area contributed by atoms with E-state index in [4.69, 9.17) is 17.3 Å². The third kappa shape index (κ3) is 3.50. The number of anilines is 1. The molecule has 1 amide bonds. The van der Waals surface area contributed by atoms with E-state index in [0.29, 0.717) is 0 Å². The monoisotopic (exact) mass is 278 g/mol. The van der Waals surface area contributed by atoms with Gasteiger partial charge >= 0.3 is 6.09 Å². The Morgan fingerprint density at radius 3 is 2.76 bits per heavy atom. The Labute approximate surface area is 104 Å². The summed E-state index contributed by atoms with van der Waals surface area (Å²) in [6.07, 6.45) is -1.06. The second-order valence-corrected chi connectivity index (χ2v) is 5.07. The molecule has 0 spiro atoms. The van der Waals surface area contributed by atoms with E-state index in [1.54, 1.807) is 11.6 Å². The molecule has 17 heavy (non-hydrogen) atoms. The van der Waals surface area contributed by atoms with Crippen LogP contribution >= 0.6 is 11.6 Å². The lowest BCUT2D eigenvalue weighted by molar-refractivity contribution is 0.158. The first-order chi connectivity index (χ1) is 7.86. The number of carbonyl (C=O) groups is 1. The Bertz CT molecular complexity index is 530. The molecule has 0 unspecified atom stereocenters. The second kappa shape index (κ2) is 5.24. The molecule has 0 aliphatic heterocycles. The van der Waals surface area contributed by atoms with Gasteiger partial charge in [-0.3, -0.25) is 0 Å². The number of carbonyl (C=O) groups excluding carboxylic acids is 1. The summed E-state index contributed by atoms with van der Waals surface area (Å²) in [5.41, 5.74) is 5.67. The topological polar surface area (TPSA) is 98.5 Å². The molecule has 0 saturated carbocycles. The van der Waals surface area contributed by atoms with Gasteiger partial charge in [-0.15, -0.1) is 0 Å². The zero-order valence-electron chi connectivity index (χ0n) is 8.94. The Morgan fingerprint density at radius 1 is 1.53 bits per heavy atom. The standard InChI is InChI=1S/C9H11ClN2O4S/c1-2-16-9(13)12-17(14,15)8-5-6(11)3-4-7(8)10/h3-5H,2,11H2,1H3,(H,12,13). The summed E-state index contributed by atoms with van der Waals surface area (Å²) in [4.78, 5) is 10.8. The molecule has 0 saturated heterocycles. The highest BCUT2D eigenvalue weighted by atomic mass is 35.5. The average molecular weight is 279 g/mol. The number of ether oxygens (including phenoxy) is 1. The number of nitrogen functional groups attached to an aromatic ring is 1. The van der Waals surface area contributed by atoms with Crippen molar-refractivity contribution >= 4 is 33.4 Å². The van der Waals surface area contributed by atoms with E-state index < -0.39 is 16.1 Å². The van der Waals surface area contributed by atoms with Crippen LogP contribution in [0.4, 0.5) is 10.5 Å². The maximum absolute atomic E-state index is 11.7. The predicted octanol–water partition coefficient (Wildman–Crippen LogP) is 1.36. The molecule has 0 atom stereocenters. The lowest BCUT2D eigenvalue weighted by Crippen LogP contribution is -2.31. The summed E-state index contributed by atoms with van der Waals surface area (Å²) >= 11 is 5.71. The van der Waals surface area contributed by atoms with Gasteiger partial charge in [0.25, 0.3) is 10.0 Å². The summed E-state index contributed by atoms with van der Waals surface area (Å²) < 4.78 is 29.7. The zero-order valence-corrected chi connectivity index (χ0v) is 10.5. The third-order valence-corrected chi connectivity index (χ3v) is 3.53. The van der Waals surface area contributed by atoms with Crippen LogP contribution in [-0.2, 0) is 14.8 Å². The van der Waals surface area contributed by atoms with Crippen molar-refractivity contribution in [3.05, 3.63) is 23.2 Å². The van der Waals surface area contributed by atoms with E-state index >= 15 is 0 Å². The largest absolute Gasteiger partial charge is 0.449 e. The first-order valence-electron chi connectivity index (χ1n) is 4.61. The minimum Gasteiger partial charge on any atom is -0.449 e. The number of nitrogens with two attached hydrogens (primary N) is 1. The van der Waals surface area contributed by atoms with Crippen molar-refractivity contribution in [2.75, 3.05) is 12.3 Å². The van der Waals surface area contributed by atoms with E-state index in [1.807, 2.05) is 0 Å². The molecular weight excluding hydrogens is 268 g/mol. The van der Waals surface area contributed by atoms with Crippen molar-refractivity contribution in [1.29, 1.82) is 0 Å². The molecule has 1 aromatic carbocycles. The SMILES string of the molecule is CCOC(=O)NS(=O)(=O)c1cc(N)ccc1Cl. The quantitative estimate of drug-likeness (QED) is 0.813. The lowest BCUT2D eigenvalue weighted by Gasteiger charge is -2.08. The molecule has 6 nitrogen and oxygen atoms in total. The summed E-state index contributed by atoms with van der Waals surface area (Å²) in [6.45, 7) is 1.62. The Hall–Kier alpha value is -1.47. The smallest absolute Gasteiger partial charge is 0.421 e.